The quantitative estimate of drug-likeness (QED) is 0.543. The fourth-order valence-corrected chi connectivity index (χ4v) is 0.591. The second-order valence-electron chi connectivity index (χ2n) is 1.73. The molecule has 10 heavy (non-hydrogen) atoms. The van der Waals surface area contributed by atoms with Crippen molar-refractivity contribution in [1.29, 1.82) is 0 Å². The molecule has 0 aliphatic carbocycles. The van der Waals surface area contributed by atoms with E-state index in [9.17, 15) is 9.59 Å². The van der Waals surface area contributed by atoms with E-state index in [2.05, 4.69) is 4.74 Å². The molecule has 0 radical (unpaired) electrons. The van der Waals surface area contributed by atoms with Gasteiger partial charge in [0, 0.05) is 13.5 Å². The highest BCUT2D eigenvalue weighted by Gasteiger charge is 2.14. The molecule has 0 N–H and O–H groups in total. The summed E-state index contributed by atoms with van der Waals surface area (Å²) in [5.41, 5.74) is 0. The van der Waals surface area contributed by atoms with Gasteiger partial charge in [-0.05, 0) is 6.92 Å². The van der Waals surface area contributed by atoms with Crippen molar-refractivity contribution < 1.29 is 14.3 Å². The van der Waals surface area contributed by atoms with Gasteiger partial charge in [-0.1, -0.05) is 0 Å². The van der Waals surface area contributed by atoms with E-state index in [4.69, 9.17) is 0 Å². The first kappa shape index (κ1) is 8.94. The molecular formula is C6H11NO3. The van der Waals surface area contributed by atoms with Gasteiger partial charge in [0.05, 0.1) is 7.11 Å². The lowest BCUT2D eigenvalue weighted by molar-refractivity contribution is -0.126. The van der Waals surface area contributed by atoms with E-state index < -0.39 is 6.09 Å². The van der Waals surface area contributed by atoms with Gasteiger partial charge in [-0.15, -0.1) is 0 Å². The SMILES string of the molecule is CCN(C(C)=O)C(=O)OC. The molecule has 2 amide bonds. The summed E-state index contributed by atoms with van der Waals surface area (Å²) in [5, 5.41) is 0. The molecule has 0 aliphatic heterocycles. The molecule has 0 aromatic heterocycles. The third-order valence-corrected chi connectivity index (χ3v) is 1.09. The lowest BCUT2D eigenvalue weighted by atomic mass is 10.5. The molecule has 4 heteroatoms. The minimum atomic E-state index is -0.602. The average molecular weight is 145 g/mol. The molecule has 0 unspecified atom stereocenters. The molecule has 0 aromatic rings. The van der Waals surface area contributed by atoms with Crippen LogP contribution in [0.2, 0.25) is 0 Å². The second kappa shape index (κ2) is 3.87. The van der Waals surface area contributed by atoms with Gasteiger partial charge in [0.2, 0.25) is 5.91 Å². The molecule has 0 saturated heterocycles. The van der Waals surface area contributed by atoms with Crippen LogP contribution < -0.4 is 0 Å². The zero-order valence-corrected chi connectivity index (χ0v) is 6.38. The fourth-order valence-electron chi connectivity index (χ4n) is 0.591. The number of hydrogen-bond acceptors (Lipinski definition) is 3. The number of rotatable bonds is 1. The minimum absolute atomic E-state index is 0.297. The number of nitrogens with zero attached hydrogens (tertiary/aromatic N) is 1. The maximum Gasteiger partial charge on any atom is 0.416 e. The fraction of sp³-hybridized carbons (Fsp3) is 0.667. The number of methoxy groups -OCH3 is 1. The Bertz CT molecular complexity index is 144. The monoisotopic (exact) mass is 145 g/mol. The smallest absolute Gasteiger partial charge is 0.416 e. The predicted molar refractivity (Wildman–Crippen MR) is 35.5 cm³/mol. The van der Waals surface area contributed by atoms with E-state index in [0.29, 0.717) is 6.54 Å². The van der Waals surface area contributed by atoms with E-state index in [1.165, 1.54) is 14.0 Å². The standard InChI is InChI=1S/C6H11NO3/c1-4-7(5(2)8)6(9)10-3/h4H2,1-3H3. The molecule has 0 aliphatic rings. The van der Waals surface area contributed by atoms with Crippen molar-refractivity contribution in [2.75, 3.05) is 13.7 Å². The van der Waals surface area contributed by atoms with Gasteiger partial charge in [-0.25, -0.2) is 9.69 Å². The van der Waals surface area contributed by atoms with Crippen LogP contribution in [0.25, 0.3) is 0 Å². The molecule has 4 nitrogen and oxygen atoms in total. The second-order valence-corrected chi connectivity index (χ2v) is 1.73. The summed E-state index contributed by atoms with van der Waals surface area (Å²) in [6, 6.07) is 0. The van der Waals surface area contributed by atoms with Crippen LogP contribution in [0, 0.1) is 0 Å². The number of hydrogen-bond donors (Lipinski definition) is 0. The maximum absolute atomic E-state index is 10.7. The highest BCUT2D eigenvalue weighted by Crippen LogP contribution is 1.91. The Balaban J connectivity index is 4.06. The topological polar surface area (TPSA) is 46.6 Å². The van der Waals surface area contributed by atoms with Gasteiger partial charge in [0.1, 0.15) is 0 Å². The van der Waals surface area contributed by atoms with Gasteiger partial charge < -0.3 is 4.74 Å². The maximum atomic E-state index is 10.7. The van der Waals surface area contributed by atoms with Crippen LogP contribution in [0.4, 0.5) is 4.79 Å². The first-order chi connectivity index (χ1) is 4.63. The van der Waals surface area contributed by atoms with Crippen LogP contribution in [0.1, 0.15) is 13.8 Å². The molecule has 0 bridgehead atoms. The molecule has 0 saturated carbocycles. The van der Waals surface area contributed by atoms with Gasteiger partial charge in [-0.2, -0.15) is 0 Å². The number of amides is 2. The van der Waals surface area contributed by atoms with E-state index in [1.807, 2.05) is 0 Å². The summed E-state index contributed by atoms with van der Waals surface area (Å²) in [6.07, 6.45) is -0.602. The predicted octanol–water partition coefficient (Wildman–Crippen LogP) is 0.621. The largest absolute Gasteiger partial charge is 0.452 e. The highest BCUT2D eigenvalue weighted by molar-refractivity contribution is 5.90. The molecule has 0 rings (SSSR count). The minimum Gasteiger partial charge on any atom is -0.452 e. The first-order valence-corrected chi connectivity index (χ1v) is 2.99. The summed E-state index contributed by atoms with van der Waals surface area (Å²) >= 11 is 0. The van der Waals surface area contributed by atoms with Crippen molar-refractivity contribution in [3.8, 4) is 0 Å². The average Bonchev–Trinajstić information content (AvgIpc) is 1.88. The van der Waals surface area contributed by atoms with Crippen LogP contribution in [0.15, 0.2) is 0 Å². The number of imide groups is 1. The normalized spacial score (nSPS) is 8.70. The van der Waals surface area contributed by atoms with Crippen LogP contribution in [-0.4, -0.2) is 30.6 Å². The molecule has 0 heterocycles. The Labute approximate surface area is 59.8 Å². The van der Waals surface area contributed by atoms with Crippen LogP contribution >= 0.6 is 0 Å². The molecule has 0 aromatic carbocycles. The Hall–Kier alpha value is -1.06. The molecule has 0 fully saturated rings. The third kappa shape index (κ3) is 2.05. The van der Waals surface area contributed by atoms with Crippen LogP contribution in [0.5, 0.6) is 0 Å². The number of carbonyl (C=O) groups is 2. The van der Waals surface area contributed by atoms with Crippen molar-refractivity contribution in [3.05, 3.63) is 0 Å². The molecule has 0 atom stereocenters. The third-order valence-electron chi connectivity index (χ3n) is 1.09. The Morgan fingerprint density at radius 2 is 2.00 bits per heavy atom. The van der Waals surface area contributed by atoms with Crippen LogP contribution in [-0.2, 0) is 9.53 Å². The lowest BCUT2D eigenvalue weighted by Crippen LogP contribution is -2.34. The molecule has 0 spiro atoms. The van der Waals surface area contributed by atoms with E-state index in [0.717, 1.165) is 4.90 Å². The first-order valence-electron chi connectivity index (χ1n) is 2.99. The van der Waals surface area contributed by atoms with Gasteiger partial charge in [-0.3, -0.25) is 4.79 Å². The summed E-state index contributed by atoms with van der Waals surface area (Å²) in [6.45, 7) is 3.38. The lowest BCUT2D eigenvalue weighted by Gasteiger charge is -2.13. The Kier molecular flexibility index (Phi) is 3.46. The van der Waals surface area contributed by atoms with E-state index in [-0.39, 0.29) is 5.91 Å². The zero-order valence-electron chi connectivity index (χ0n) is 6.38. The van der Waals surface area contributed by atoms with E-state index in [1.54, 1.807) is 6.92 Å². The van der Waals surface area contributed by atoms with E-state index >= 15 is 0 Å². The van der Waals surface area contributed by atoms with Gasteiger partial charge >= 0.3 is 6.09 Å². The zero-order chi connectivity index (χ0) is 8.15. The highest BCUT2D eigenvalue weighted by atomic mass is 16.5. The van der Waals surface area contributed by atoms with Gasteiger partial charge in [0.15, 0.2) is 0 Å². The van der Waals surface area contributed by atoms with Crippen molar-refractivity contribution in [2.45, 2.75) is 13.8 Å². The molecular weight excluding hydrogens is 134 g/mol. The molecule has 58 valence electrons. The van der Waals surface area contributed by atoms with Gasteiger partial charge in [0.25, 0.3) is 0 Å². The number of carbonyl (C=O) groups excluding carboxylic acids is 2. The summed E-state index contributed by atoms with van der Waals surface area (Å²) in [4.78, 5) is 22.3. The van der Waals surface area contributed by atoms with Crippen molar-refractivity contribution in [3.63, 3.8) is 0 Å². The summed E-state index contributed by atoms with van der Waals surface area (Å²) in [7, 11) is 1.24. The van der Waals surface area contributed by atoms with Crippen molar-refractivity contribution in [1.82, 2.24) is 4.90 Å². The Morgan fingerprint density at radius 1 is 1.50 bits per heavy atom. The number of ether oxygens (including phenoxy) is 1. The van der Waals surface area contributed by atoms with Crippen LogP contribution in [0.3, 0.4) is 0 Å². The summed E-state index contributed by atoms with van der Waals surface area (Å²) in [5.74, 6) is -0.297. The van der Waals surface area contributed by atoms with Crippen molar-refractivity contribution in [2.24, 2.45) is 0 Å². The summed E-state index contributed by atoms with van der Waals surface area (Å²) < 4.78 is 4.33. The Morgan fingerprint density at radius 3 is 2.10 bits per heavy atom. The van der Waals surface area contributed by atoms with Crippen molar-refractivity contribution >= 4 is 12.0 Å².